The molecule has 2 rings (SSSR count). The van der Waals surface area contributed by atoms with Gasteiger partial charge in [0, 0.05) is 25.6 Å². The Bertz CT molecular complexity index is 588. The molecule has 0 amide bonds. The molecule has 3 atom stereocenters. The van der Waals surface area contributed by atoms with E-state index in [2.05, 4.69) is 16.0 Å². The minimum Gasteiger partial charge on any atom is -0.368 e. The Hall–Kier alpha value is -1.10. The van der Waals surface area contributed by atoms with Crippen LogP contribution in [0.25, 0.3) is 0 Å². The molecule has 8 heteroatoms. The molecule has 7 N–H and O–H groups in total. The van der Waals surface area contributed by atoms with Crippen LogP contribution < -0.4 is 16.0 Å². The van der Waals surface area contributed by atoms with E-state index >= 15 is 0 Å². The first-order valence-corrected chi connectivity index (χ1v) is 10.6. The molecular formula is C21H38N4O4. The normalized spacial score (nSPS) is 19.9. The van der Waals surface area contributed by atoms with Crippen molar-refractivity contribution in [1.29, 1.82) is 0 Å². The van der Waals surface area contributed by atoms with Crippen molar-refractivity contribution < 1.29 is 20.4 Å². The van der Waals surface area contributed by atoms with Gasteiger partial charge >= 0.3 is 0 Å². The van der Waals surface area contributed by atoms with E-state index in [1.807, 2.05) is 43.0 Å². The van der Waals surface area contributed by atoms with Crippen LogP contribution in [0.1, 0.15) is 56.6 Å². The highest BCUT2D eigenvalue weighted by Crippen LogP contribution is 2.32. The van der Waals surface area contributed by atoms with Crippen molar-refractivity contribution in [3.05, 3.63) is 35.4 Å². The Balaban J connectivity index is 1.75. The van der Waals surface area contributed by atoms with Crippen molar-refractivity contribution in [3.8, 4) is 0 Å². The van der Waals surface area contributed by atoms with Crippen LogP contribution in [0, 0.1) is 0 Å². The zero-order valence-corrected chi connectivity index (χ0v) is 17.6. The zero-order chi connectivity index (χ0) is 21.2. The van der Waals surface area contributed by atoms with Crippen molar-refractivity contribution in [2.45, 2.75) is 77.0 Å². The maximum Gasteiger partial charge on any atom is 0.163 e. The predicted molar refractivity (Wildman–Crippen MR) is 113 cm³/mol. The summed E-state index contributed by atoms with van der Waals surface area (Å²) in [6, 6.07) is 8.25. The van der Waals surface area contributed by atoms with Crippen LogP contribution in [0.4, 0.5) is 0 Å². The summed E-state index contributed by atoms with van der Waals surface area (Å²) in [5, 5.41) is 48.3. The highest BCUT2D eigenvalue weighted by atomic mass is 16.5. The number of nitrogens with zero attached hydrogens (tertiary/aromatic N) is 1. The standard InChI is InChI=1S/C21H38N4O4/c1-15(2)24-20(28)22-10-5-6-11-23-21(29)25-12-9-16(13-19(26)27)18-8-4-3-7-17(18)14-25/h3-4,7-8,15-16,19-24,26-29H,5-6,9-14H2,1-2H3/t16?,20-,21?/m1/s1. The molecule has 0 fully saturated rings. The second-order valence-corrected chi connectivity index (χ2v) is 8.08. The van der Waals surface area contributed by atoms with Crippen molar-refractivity contribution in [2.24, 2.45) is 0 Å². The summed E-state index contributed by atoms with van der Waals surface area (Å²) in [6.07, 6.45) is 0.0540. The van der Waals surface area contributed by atoms with Crippen molar-refractivity contribution in [3.63, 3.8) is 0 Å². The number of fused-ring (bicyclic) bond motifs is 1. The van der Waals surface area contributed by atoms with Gasteiger partial charge in [-0.05, 0) is 63.2 Å². The lowest BCUT2D eigenvalue weighted by Gasteiger charge is -2.27. The maximum atomic E-state index is 10.6. The third-order valence-corrected chi connectivity index (χ3v) is 5.23. The third-order valence-electron chi connectivity index (χ3n) is 5.23. The van der Waals surface area contributed by atoms with Gasteiger partial charge in [-0.15, -0.1) is 0 Å². The SMILES string of the molecule is CC(C)N[C@H](O)NCCCCNC(O)N1CCC(CC(O)O)c2ccccc2C1. The number of aliphatic hydroxyl groups is 4. The Morgan fingerprint density at radius 3 is 2.41 bits per heavy atom. The van der Waals surface area contributed by atoms with Crippen LogP contribution in [-0.2, 0) is 6.54 Å². The molecule has 0 saturated heterocycles. The van der Waals surface area contributed by atoms with Gasteiger partial charge in [-0.1, -0.05) is 24.3 Å². The molecule has 1 heterocycles. The molecule has 1 aliphatic rings. The van der Waals surface area contributed by atoms with Crippen LogP contribution in [-0.4, -0.2) is 70.0 Å². The fourth-order valence-corrected chi connectivity index (χ4v) is 3.78. The van der Waals surface area contributed by atoms with Crippen LogP contribution >= 0.6 is 0 Å². The predicted octanol–water partition coefficient (Wildman–Crippen LogP) is 0.186. The second-order valence-electron chi connectivity index (χ2n) is 8.08. The van der Waals surface area contributed by atoms with Gasteiger partial charge in [0.05, 0.1) is 0 Å². The first-order valence-electron chi connectivity index (χ1n) is 10.6. The van der Waals surface area contributed by atoms with E-state index in [-0.39, 0.29) is 12.0 Å². The fourth-order valence-electron chi connectivity index (χ4n) is 3.78. The van der Waals surface area contributed by atoms with E-state index < -0.39 is 19.0 Å². The van der Waals surface area contributed by atoms with Crippen LogP contribution in [0.2, 0.25) is 0 Å². The van der Waals surface area contributed by atoms with Gasteiger partial charge in [0.2, 0.25) is 0 Å². The molecule has 0 radical (unpaired) electrons. The molecule has 0 aliphatic carbocycles. The topological polar surface area (TPSA) is 120 Å². The molecular weight excluding hydrogens is 372 g/mol. The maximum absolute atomic E-state index is 10.6. The molecule has 0 bridgehead atoms. The Labute approximate surface area is 173 Å². The van der Waals surface area contributed by atoms with E-state index in [0.717, 1.165) is 30.4 Å². The fraction of sp³-hybridized carbons (Fsp3) is 0.714. The lowest BCUT2D eigenvalue weighted by Crippen LogP contribution is -2.46. The second kappa shape index (κ2) is 12.6. The molecule has 2 unspecified atom stereocenters. The zero-order valence-electron chi connectivity index (χ0n) is 17.6. The van der Waals surface area contributed by atoms with Crippen LogP contribution in [0.5, 0.6) is 0 Å². The number of unbranched alkanes of at least 4 members (excludes halogenated alkanes) is 1. The molecule has 0 spiro atoms. The number of aliphatic hydroxyl groups excluding tert-OH is 3. The molecule has 8 nitrogen and oxygen atoms in total. The largest absolute Gasteiger partial charge is 0.368 e. The summed E-state index contributed by atoms with van der Waals surface area (Å²) >= 11 is 0. The van der Waals surface area contributed by atoms with E-state index in [1.165, 1.54) is 0 Å². The van der Waals surface area contributed by atoms with Gasteiger partial charge < -0.3 is 20.4 Å². The third kappa shape index (κ3) is 8.65. The molecule has 166 valence electrons. The summed E-state index contributed by atoms with van der Waals surface area (Å²) < 4.78 is 0. The number of hydrogen-bond donors (Lipinski definition) is 7. The Kier molecular flexibility index (Phi) is 10.5. The molecule has 1 aromatic rings. The lowest BCUT2D eigenvalue weighted by molar-refractivity contribution is -0.0526. The van der Waals surface area contributed by atoms with Gasteiger partial charge in [0.25, 0.3) is 0 Å². The van der Waals surface area contributed by atoms with Gasteiger partial charge in [-0.3, -0.25) is 20.9 Å². The minimum absolute atomic E-state index is 0.0698. The lowest BCUT2D eigenvalue weighted by atomic mass is 9.90. The first kappa shape index (κ1) is 24.2. The highest BCUT2D eigenvalue weighted by Gasteiger charge is 2.26. The summed E-state index contributed by atoms with van der Waals surface area (Å²) in [5.41, 5.74) is 2.25. The minimum atomic E-state index is -1.33. The average molecular weight is 411 g/mol. The number of rotatable bonds is 12. The average Bonchev–Trinajstić information content (AvgIpc) is 2.83. The Morgan fingerprint density at radius 1 is 1.03 bits per heavy atom. The summed E-state index contributed by atoms with van der Waals surface area (Å²) in [7, 11) is 0. The van der Waals surface area contributed by atoms with E-state index in [4.69, 9.17) is 0 Å². The van der Waals surface area contributed by atoms with E-state index in [0.29, 0.717) is 32.6 Å². The van der Waals surface area contributed by atoms with E-state index in [9.17, 15) is 20.4 Å². The van der Waals surface area contributed by atoms with Gasteiger partial charge in [-0.25, -0.2) is 0 Å². The highest BCUT2D eigenvalue weighted by molar-refractivity contribution is 5.31. The molecule has 1 aliphatic heterocycles. The molecule has 1 aromatic carbocycles. The first-order chi connectivity index (χ1) is 13.9. The van der Waals surface area contributed by atoms with Gasteiger partial charge in [0.1, 0.15) is 0 Å². The summed E-state index contributed by atoms with van der Waals surface area (Å²) in [4.78, 5) is 1.98. The van der Waals surface area contributed by atoms with E-state index in [1.54, 1.807) is 0 Å². The van der Waals surface area contributed by atoms with Gasteiger partial charge in [-0.2, -0.15) is 0 Å². The number of benzene rings is 1. The summed E-state index contributed by atoms with van der Waals surface area (Å²) in [6.45, 7) is 6.62. The smallest absolute Gasteiger partial charge is 0.163 e. The monoisotopic (exact) mass is 410 g/mol. The Morgan fingerprint density at radius 2 is 1.72 bits per heavy atom. The van der Waals surface area contributed by atoms with Crippen molar-refractivity contribution >= 4 is 0 Å². The molecule has 29 heavy (non-hydrogen) atoms. The van der Waals surface area contributed by atoms with Crippen LogP contribution in [0.3, 0.4) is 0 Å². The van der Waals surface area contributed by atoms with Crippen molar-refractivity contribution in [1.82, 2.24) is 20.9 Å². The van der Waals surface area contributed by atoms with Gasteiger partial charge in [0.15, 0.2) is 19.0 Å². The molecule has 0 aromatic heterocycles. The number of hydrogen-bond acceptors (Lipinski definition) is 8. The van der Waals surface area contributed by atoms with Crippen molar-refractivity contribution in [2.75, 3.05) is 19.6 Å². The molecule has 0 saturated carbocycles. The number of nitrogens with one attached hydrogen (secondary N) is 3. The quantitative estimate of drug-likeness (QED) is 0.193. The summed E-state index contributed by atoms with van der Waals surface area (Å²) in [5.74, 6) is 0.0698. The van der Waals surface area contributed by atoms with Crippen LogP contribution in [0.15, 0.2) is 24.3 Å².